The van der Waals surface area contributed by atoms with Crippen LogP contribution in [-0.4, -0.2) is 9.97 Å². The van der Waals surface area contributed by atoms with Gasteiger partial charge in [-0.2, -0.15) is 0 Å². The first-order chi connectivity index (χ1) is 7.34. The molecule has 3 rings (SSSR count). The van der Waals surface area contributed by atoms with Gasteiger partial charge in [0.15, 0.2) is 0 Å². The van der Waals surface area contributed by atoms with E-state index in [2.05, 4.69) is 21.4 Å². The fraction of sp³-hybridized carbons (Fsp3) is 0. The van der Waals surface area contributed by atoms with E-state index in [4.69, 9.17) is 5.73 Å². The van der Waals surface area contributed by atoms with E-state index in [1.807, 2.05) is 24.4 Å². The van der Waals surface area contributed by atoms with E-state index in [1.165, 1.54) is 4.88 Å². The minimum absolute atomic E-state index is 0.549. The zero-order valence-electron chi connectivity index (χ0n) is 7.90. The summed E-state index contributed by atoms with van der Waals surface area (Å²) in [4.78, 5) is 8.53. The lowest BCUT2D eigenvalue weighted by atomic mass is 10.1. The van der Waals surface area contributed by atoms with Crippen molar-refractivity contribution in [2.24, 2.45) is 0 Å². The smallest absolute Gasteiger partial charge is 0.140 e. The second-order valence-electron chi connectivity index (χ2n) is 3.31. The molecule has 0 saturated heterocycles. The number of fused-ring (bicyclic) bond motifs is 1. The minimum Gasteiger partial charge on any atom is -0.384 e. The Hall–Kier alpha value is -1.81. The molecular formula is C11H9N3S. The SMILES string of the molecule is Nc1cc(-c2cccs2)c2cc[nH]c2n1. The highest BCUT2D eigenvalue weighted by molar-refractivity contribution is 7.13. The monoisotopic (exact) mass is 215 g/mol. The van der Waals surface area contributed by atoms with Crippen LogP contribution in [0.4, 0.5) is 5.82 Å². The molecule has 0 aliphatic carbocycles. The Labute approximate surface area is 90.6 Å². The number of pyridine rings is 1. The number of nitrogens with zero attached hydrogens (tertiary/aromatic N) is 1. The van der Waals surface area contributed by atoms with E-state index < -0.39 is 0 Å². The van der Waals surface area contributed by atoms with E-state index >= 15 is 0 Å². The second kappa shape index (κ2) is 3.10. The minimum atomic E-state index is 0.549. The van der Waals surface area contributed by atoms with Crippen LogP contribution < -0.4 is 5.73 Å². The number of nitrogen functional groups attached to an aromatic ring is 1. The third-order valence-electron chi connectivity index (χ3n) is 2.34. The number of nitrogens with two attached hydrogens (primary N) is 1. The van der Waals surface area contributed by atoms with Crippen molar-refractivity contribution in [1.82, 2.24) is 9.97 Å². The van der Waals surface area contributed by atoms with Gasteiger partial charge in [-0.1, -0.05) is 6.07 Å². The summed E-state index contributed by atoms with van der Waals surface area (Å²) in [6, 6.07) is 8.07. The van der Waals surface area contributed by atoms with E-state index in [0.717, 1.165) is 16.6 Å². The van der Waals surface area contributed by atoms with Crippen LogP contribution in [0.25, 0.3) is 21.5 Å². The molecule has 15 heavy (non-hydrogen) atoms. The second-order valence-corrected chi connectivity index (χ2v) is 4.26. The van der Waals surface area contributed by atoms with Gasteiger partial charge in [0, 0.05) is 22.0 Å². The van der Waals surface area contributed by atoms with Crippen LogP contribution in [0.1, 0.15) is 0 Å². The molecule has 0 spiro atoms. The van der Waals surface area contributed by atoms with Gasteiger partial charge in [-0.05, 0) is 23.6 Å². The van der Waals surface area contributed by atoms with Gasteiger partial charge in [0.25, 0.3) is 0 Å². The highest BCUT2D eigenvalue weighted by Gasteiger charge is 2.07. The summed E-state index contributed by atoms with van der Waals surface area (Å²) < 4.78 is 0. The van der Waals surface area contributed by atoms with Gasteiger partial charge in [0.1, 0.15) is 11.5 Å². The average molecular weight is 215 g/mol. The summed E-state index contributed by atoms with van der Waals surface area (Å²) >= 11 is 1.71. The van der Waals surface area contributed by atoms with E-state index in [-0.39, 0.29) is 0 Å². The Morgan fingerprint density at radius 2 is 2.27 bits per heavy atom. The summed E-state index contributed by atoms with van der Waals surface area (Å²) in [7, 11) is 0. The predicted molar refractivity (Wildman–Crippen MR) is 63.8 cm³/mol. The zero-order valence-corrected chi connectivity index (χ0v) is 8.71. The van der Waals surface area contributed by atoms with Crippen molar-refractivity contribution < 1.29 is 0 Å². The Kier molecular flexibility index (Phi) is 1.76. The molecule has 0 aromatic carbocycles. The summed E-state index contributed by atoms with van der Waals surface area (Å²) in [5, 5.41) is 3.18. The van der Waals surface area contributed by atoms with Gasteiger partial charge in [0.2, 0.25) is 0 Å². The van der Waals surface area contributed by atoms with Crippen molar-refractivity contribution in [3.8, 4) is 10.4 Å². The van der Waals surface area contributed by atoms with Crippen molar-refractivity contribution >= 4 is 28.2 Å². The van der Waals surface area contributed by atoms with Crippen molar-refractivity contribution in [2.45, 2.75) is 0 Å². The maximum absolute atomic E-state index is 5.76. The maximum atomic E-state index is 5.76. The fourth-order valence-corrected chi connectivity index (χ4v) is 2.45. The number of hydrogen-bond acceptors (Lipinski definition) is 3. The molecular weight excluding hydrogens is 206 g/mol. The fourth-order valence-electron chi connectivity index (χ4n) is 1.69. The lowest BCUT2D eigenvalue weighted by Crippen LogP contribution is -1.91. The first kappa shape index (κ1) is 8.49. The molecule has 0 unspecified atom stereocenters. The van der Waals surface area contributed by atoms with Crippen molar-refractivity contribution in [3.05, 3.63) is 35.8 Å². The molecule has 0 bridgehead atoms. The molecule has 0 atom stereocenters. The molecule has 0 aliphatic heterocycles. The number of rotatable bonds is 1. The number of anilines is 1. The average Bonchev–Trinajstić information content (AvgIpc) is 2.86. The van der Waals surface area contributed by atoms with Crippen LogP contribution in [0.2, 0.25) is 0 Å². The van der Waals surface area contributed by atoms with Crippen molar-refractivity contribution in [1.29, 1.82) is 0 Å². The summed E-state index contributed by atoms with van der Waals surface area (Å²) in [5.41, 5.74) is 7.76. The van der Waals surface area contributed by atoms with Crippen molar-refractivity contribution in [2.75, 3.05) is 5.73 Å². The molecule has 0 aliphatic rings. The number of aromatic amines is 1. The third-order valence-corrected chi connectivity index (χ3v) is 3.24. The number of aromatic nitrogens is 2. The van der Waals surface area contributed by atoms with Crippen LogP contribution in [0.5, 0.6) is 0 Å². The summed E-state index contributed by atoms with van der Waals surface area (Å²) in [6.45, 7) is 0. The zero-order chi connectivity index (χ0) is 10.3. The standard InChI is InChI=1S/C11H9N3S/c12-10-6-8(9-2-1-5-15-9)7-3-4-13-11(7)14-10/h1-6H,(H3,12,13,14). The van der Waals surface area contributed by atoms with Gasteiger partial charge in [-0.15, -0.1) is 11.3 Å². The van der Waals surface area contributed by atoms with Crippen LogP contribution in [0.3, 0.4) is 0 Å². The van der Waals surface area contributed by atoms with Gasteiger partial charge < -0.3 is 10.7 Å². The van der Waals surface area contributed by atoms with Gasteiger partial charge in [0.05, 0.1) is 0 Å². The molecule has 0 amide bonds. The lowest BCUT2D eigenvalue weighted by Gasteiger charge is -2.01. The Morgan fingerprint density at radius 1 is 1.33 bits per heavy atom. The first-order valence-corrected chi connectivity index (χ1v) is 5.50. The molecule has 0 radical (unpaired) electrons. The van der Waals surface area contributed by atoms with Crippen molar-refractivity contribution in [3.63, 3.8) is 0 Å². The van der Waals surface area contributed by atoms with Gasteiger partial charge in [-0.3, -0.25) is 0 Å². The third kappa shape index (κ3) is 1.30. The quantitative estimate of drug-likeness (QED) is 0.655. The molecule has 3 N–H and O–H groups in total. The molecule has 3 aromatic heterocycles. The van der Waals surface area contributed by atoms with Crippen LogP contribution in [-0.2, 0) is 0 Å². The Balaban J connectivity index is 2.38. The number of thiophene rings is 1. The Bertz CT molecular complexity index is 595. The number of H-pyrrole nitrogens is 1. The number of nitrogens with one attached hydrogen (secondary N) is 1. The van der Waals surface area contributed by atoms with Crippen LogP contribution in [0, 0.1) is 0 Å². The largest absolute Gasteiger partial charge is 0.384 e. The van der Waals surface area contributed by atoms with E-state index in [0.29, 0.717) is 5.82 Å². The highest BCUT2D eigenvalue weighted by Crippen LogP contribution is 2.31. The first-order valence-electron chi connectivity index (χ1n) is 4.62. The molecule has 3 aromatic rings. The molecule has 3 nitrogen and oxygen atoms in total. The highest BCUT2D eigenvalue weighted by atomic mass is 32.1. The van der Waals surface area contributed by atoms with Crippen LogP contribution in [0.15, 0.2) is 35.8 Å². The van der Waals surface area contributed by atoms with Crippen LogP contribution >= 0.6 is 11.3 Å². The summed E-state index contributed by atoms with van der Waals surface area (Å²) in [5.74, 6) is 0.549. The molecule has 74 valence electrons. The lowest BCUT2D eigenvalue weighted by molar-refractivity contribution is 1.33. The van der Waals surface area contributed by atoms with E-state index in [9.17, 15) is 0 Å². The maximum Gasteiger partial charge on any atom is 0.140 e. The summed E-state index contributed by atoms with van der Waals surface area (Å²) in [6.07, 6.45) is 1.88. The van der Waals surface area contributed by atoms with E-state index in [1.54, 1.807) is 11.3 Å². The normalized spacial score (nSPS) is 10.9. The predicted octanol–water partition coefficient (Wildman–Crippen LogP) is 2.87. The molecule has 3 heterocycles. The molecule has 0 fully saturated rings. The Morgan fingerprint density at radius 3 is 3.07 bits per heavy atom. The van der Waals surface area contributed by atoms with Gasteiger partial charge >= 0.3 is 0 Å². The molecule has 4 heteroatoms. The van der Waals surface area contributed by atoms with Gasteiger partial charge in [-0.25, -0.2) is 4.98 Å². The topological polar surface area (TPSA) is 54.7 Å². The number of hydrogen-bond donors (Lipinski definition) is 2. The molecule has 0 saturated carbocycles.